The number of amides is 1. The zero-order chi connectivity index (χ0) is 23.1. The number of carbonyl (C=O) groups excluding carboxylic acids is 1. The van der Waals surface area contributed by atoms with Crippen molar-refractivity contribution in [2.75, 3.05) is 12.4 Å². The lowest BCUT2D eigenvalue weighted by atomic mass is 10.0. The van der Waals surface area contributed by atoms with E-state index in [1.807, 2.05) is 80.6 Å². The number of halogens is 1. The third-order valence-corrected chi connectivity index (χ3v) is 6.45. The highest BCUT2D eigenvalue weighted by molar-refractivity contribution is 9.10. The summed E-state index contributed by atoms with van der Waals surface area (Å²) in [5.41, 5.74) is 5.49. The molecule has 1 N–H and O–H groups in total. The van der Waals surface area contributed by atoms with Crippen LogP contribution >= 0.6 is 15.9 Å². The molecule has 0 unspecified atom stereocenters. The second-order valence-corrected chi connectivity index (χ2v) is 8.76. The number of hydrogen-bond donors (Lipinski definition) is 1. The number of oxazole rings is 1. The molecule has 6 heteroatoms. The Kier molecular flexibility index (Phi) is 5.38. The first-order valence-electron chi connectivity index (χ1n) is 10.5. The number of anilines is 1. The molecule has 0 radical (unpaired) electrons. The highest BCUT2D eigenvalue weighted by atomic mass is 79.9. The van der Waals surface area contributed by atoms with Crippen molar-refractivity contribution in [1.29, 1.82) is 0 Å². The van der Waals surface area contributed by atoms with Crippen LogP contribution in [0.3, 0.4) is 0 Å². The number of nitrogens with one attached hydrogen (secondary N) is 1. The van der Waals surface area contributed by atoms with E-state index in [0.29, 0.717) is 22.9 Å². The van der Waals surface area contributed by atoms with Gasteiger partial charge in [-0.3, -0.25) is 4.79 Å². The van der Waals surface area contributed by atoms with Gasteiger partial charge < -0.3 is 14.5 Å². The maximum Gasteiger partial charge on any atom is 0.259 e. The maximum atomic E-state index is 13.3. The summed E-state index contributed by atoms with van der Waals surface area (Å²) in [5, 5.41) is 4.97. The number of aryl methyl sites for hydroxylation is 2. The van der Waals surface area contributed by atoms with Gasteiger partial charge in [0.15, 0.2) is 5.58 Å². The Bertz CT molecular complexity index is 1540. The predicted octanol–water partition coefficient (Wildman–Crippen LogP) is 7.29. The second kappa shape index (κ2) is 8.37. The minimum absolute atomic E-state index is 0.258. The van der Waals surface area contributed by atoms with Crippen molar-refractivity contribution in [1.82, 2.24) is 4.98 Å². The fraction of sp³-hybridized carbons (Fsp3) is 0.111. The average molecular weight is 501 g/mol. The summed E-state index contributed by atoms with van der Waals surface area (Å²) in [7, 11) is 1.56. The Labute approximate surface area is 199 Å². The molecule has 33 heavy (non-hydrogen) atoms. The van der Waals surface area contributed by atoms with Crippen molar-refractivity contribution in [3.63, 3.8) is 0 Å². The number of ether oxygens (including phenoxy) is 1. The third-order valence-electron chi connectivity index (χ3n) is 5.67. The summed E-state index contributed by atoms with van der Waals surface area (Å²) in [6.45, 7) is 3.96. The molecule has 0 bridgehead atoms. The maximum absolute atomic E-state index is 13.3. The van der Waals surface area contributed by atoms with Crippen molar-refractivity contribution >= 4 is 49.4 Å². The first-order chi connectivity index (χ1) is 15.9. The number of hydrogen-bond acceptors (Lipinski definition) is 4. The Morgan fingerprint density at radius 2 is 1.85 bits per heavy atom. The van der Waals surface area contributed by atoms with Crippen LogP contribution in [0.2, 0.25) is 0 Å². The number of carbonyl (C=O) groups is 1. The zero-order valence-electron chi connectivity index (χ0n) is 18.4. The van der Waals surface area contributed by atoms with Crippen molar-refractivity contribution in [2.45, 2.75) is 13.8 Å². The normalized spacial score (nSPS) is 11.2. The topological polar surface area (TPSA) is 64.4 Å². The van der Waals surface area contributed by atoms with E-state index in [-0.39, 0.29) is 5.91 Å². The van der Waals surface area contributed by atoms with Crippen molar-refractivity contribution in [3.8, 4) is 17.2 Å². The van der Waals surface area contributed by atoms with Gasteiger partial charge in [0.1, 0.15) is 11.3 Å². The second-order valence-electron chi connectivity index (χ2n) is 7.97. The van der Waals surface area contributed by atoms with Crippen LogP contribution in [-0.4, -0.2) is 18.0 Å². The number of methoxy groups -OCH3 is 1. The summed E-state index contributed by atoms with van der Waals surface area (Å²) < 4.78 is 12.3. The van der Waals surface area contributed by atoms with Crippen LogP contribution in [-0.2, 0) is 0 Å². The minimum atomic E-state index is -0.258. The number of aromatic nitrogens is 1. The molecule has 5 rings (SSSR count). The zero-order valence-corrected chi connectivity index (χ0v) is 20.0. The highest BCUT2D eigenvalue weighted by Crippen LogP contribution is 2.37. The van der Waals surface area contributed by atoms with Gasteiger partial charge in [-0.2, -0.15) is 0 Å². The molecule has 1 amide bonds. The van der Waals surface area contributed by atoms with E-state index in [1.165, 1.54) is 0 Å². The van der Waals surface area contributed by atoms with Gasteiger partial charge >= 0.3 is 0 Å². The summed E-state index contributed by atoms with van der Waals surface area (Å²) in [6.07, 6.45) is 0. The van der Waals surface area contributed by atoms with E-state index in [4.69, 9.17) is 9.15 Å². The van der Waals surface area contributed by atoms with Gasteiger partial charge in [0.2, 0.25) is 5.89 Å². The van der Waals surface area contributed by atoms with Gasteiger partial charge in [0, 0.05) is 11.3 Å². The Morgan fingerprint density at radius 1 is 1.03 bits per heavy atom. The molecule has 1 aromatic heterocycles. The van der Waals surface area contributed by atoms with E-state index in [1.54, 1.807) is 7.11 Å². The molecule has 4 aromatic carbocycles. The lowest BCUT2D eigenvalue weighted by Crippen LogP contribution is -2.14. The SMILES string of the molecule is COc1c(C(=O)Nc2cc(-c3nc4ccc(C)cc4o3)ccc2C)cc2ccccc2c1Br. The molecule has 0 aliphatic heterocycles. The average Bonchev–Trinajstić information content (AvgIpc) is 3.23. The summed E-state index contributed by atoms with van der Waals surface area (Å²) in [4.78, 5) is 17.9. The quantitative estimate of drug-likeness (QED) is 0.281. The van der Waals surface area contributed by atoms with Crippen molar-refractivity contribution in [3.05, 3.63) is 87.9 Å². The standard InChI is InChI=1S/C27H21BrN2O3/c1-15-8-11-21-23(12-15)33-27(30-21)18-10-9-16(2)22(14-18)29-26(31)20-13-17-6-4-5-7-19(17)24(28)25(20)32-3/h4-14H,1-3H3,(H,29,31). The van der Waals surface area contributed by atoms with Crippen LogP contribution in [0.5, 0.6) is 5.75 Å². The minimum Gasteiger partial charge on any atom is -0.495 e. The molecule has 0 aliphatic carbocycles. The molecule has 0 saturated heterocycles. The van der Waals surface area contributed by atoms with E-state index in [2.05, 4.69) is 26.2 Å². The third kappa shape index (κ3) is 3.87. The van der Waals surface area contributed by atoms with E-state index in [9.17, 15) is 4.79 Å². The molecule has 0 fully saturated rings. The molecule has 164 valence electrons. The smallest absolute Gasteiger partial charge is 0.259 e. The lowest BCUT2D eigenvalue weighted by Gasteiger charge is -2.15. The van der Waals surface area contributed by atoms with Gasteiger partial charge in [-0.25, -0.2) is 4.98 Å². The number of benzene rings is 4. The monoisotopic (exact) mass is 500 g/mol. The summed E-state index contributed by atoms with van der Waals surface area (Å²) in [6, 6.07) is 21.4. The molecule has 0 saturated carbocycles. The summed E-state index contributed by atoms with van der Waals surface area (Å²) in [5.74, 6) is 0.748. The largest absolute Gasteiger partial charge is 0.495 e. The van der Waals surface area contributed by atoms with Crippen molar-refractivity contribution < 1.29 is 13.9 Å². The molecule has 0 atom stereocenters. The Hall–Kier alpha value is -3.64. The Balaban J connectivity index is 1.52. The van der Waals surface area contributed by atoms with Gasteiger partial charge in [-0.05, 0) is 82.0 Å². The van der Waals surface area contributed by atoms with Gasteiger partial charge in [0.05, 0.1) is 17.1 Å². The lowest BCUT2D eigenvalue weighted by molar-refractivity contribution is 0.102. The number of nitrogens with zero attached hydrogens (tertiary/aromatic N) is 1. The molecular formula is C27H21BrN2O3. The number of rotatable bonds is 4. The van der Waals surface area contributed by atoms with Crippen LogP contribution in [0.15, 0.2) is 75.6 Å². The molecule has 5 aromatic rings. The molecule has 5 nitrogen and oxygen atoms in total. The highest BCUT2D eigenvalue weighted by Gasteiger charge is 2.19. The molecule has 1 heterocycles. The fourth-order valence-electron chi connectivity index (χ4n) is 3.89. The van der Waals surface area contributed by atoms with Crippen LogP contribution < -0.4 is 10.1 Å². The number of fused-ring (bicyclic) bond motifs is 2. The predicted molar refractivity (Wildman–Crippen MR) is 135 cm³/mol. The van der Waals surface area contributed by atoms with Crippen LogP contribution in [0, 0.1) is 13.8 Å². The van der Waals surface area contributed by atoms with Crippen LogP contribution in [0.25, 0.3) is 33.3 Å². The van der Waals surface area contributed by atoms with Gasteiger partial charge in [0.25, 0.3) is 5.91 Å². The first-order valence-corrected chi connectivity index (χ1v) is 11.3. The van der Waals surface area contributed by atoms with Crippen LogP contribution in [0.4, 0.5) is 5.69 Å². The van der Waals surface area contributed by atoms with E-state index < -0.39 is 0 Å². The Morgan fingerprint density at radius 3 is 2.67 bits per heavy atom. The van der Waals surface area contributed by atoms with Gasteiger partial charge in [-0.1, -0.05) is 36.4 Å². The van der Waals surface area contributed by atoms with Crippen LogP contribution in [0.1, 0.15) is 21.5 Å². The fourth-order valence-corrected chi connectivity index (χ4v) is 4.62. The summed E-state index contributed by atoms with van der Waals surface area (Å²) >= 11 is 3.60. The van der Waals surface area contributed by atoms with Gasteiger partial charge in [-0.15, -0.1) is 0 Å². The van der Waals surface area contributed by atoms with E-state index >= 15 is 0 Å². The molecule has 0 aliphatic rings. The molecular weight excluding hydrogens is 480 g/mol. The first kappa shape index (κ1) is 21.2. The van der Waals surface area contributed by atoms with E-state index in [0.717, 1.165) is 43.0 Å². The van der Waals surface area contributed by atoms with Crippen molar-refractivity contribution in [2.24, 2.45) is 0 Å². The molecule has 0 spiro atoms.